The number of aliphatic hydroxyl groups is 1. The molecule has 0 saturated carbocycles. The Morgan fingerprint density at radius 1 is 1.13 bits per heavy atom. The average Bonchev–Trinajstić information content (AvgIpc) is 3.33. The van der Waals surface area contributed by atoms with Gasteiger partial charge in [0.05, 0.1) is 24.4 Å². The van der Waals surface area contributed by atoms with E-state index in [2.05, 4.69) is 20.5 Å². The summed E-state index contributed by atoms with van der Waals surface area (Å²) in [4.78, 5) is 4.36. The molecule has 0 aliphatic heterocycles. The van der Waals surface area contributed by atoms with Gasteiger partial charge in [0, 0.05) is 22.8 Å². The van der Waals surface area contributed by atoms with E-state index >= 15 is 0 Å². The molecule has 0 bridgehead atoms. The van der Waals surface area contributed by atoms with Crippen LogP contribution in [-0.2, 0) is 6.54 Å². The number of hydrogen-bond acceptors (Lipinski definition) is 5. The first-order valence-electron chi connectivity index (χ1n) is 9.56. The molecule has 30 heavy (non-hydrogen) atoms. The number of fused-ring (bicyclic) bond motifs is 2. The summed E-state index contributed by atoms with van der Waals surface area (Å²) in [5.74, 6) is 0.353. The predicted molar refractivity (Wildman–Crippen MR) is 112 cm³/mol. The maximum absolute atomic E-state index is 13.5. The normalized spacial score (nSPS) is 12.5. The van der Waals surface area contributed by atoms with E-state index in [0.717, 1.165) is 33.2 Å². The van der Waals surface area contributed by atoms with Crippen LogP contribution in [0.2, 0.25) is 0 Å². The Morgan fingerprint density at radius 3 is 2.87 bits per heavy atom. The lowest BCUT2D eigenvalue weighted by molar-refractivity contribution is 0.201. The Kier molecular flexibility index (Phi) is 4.40. The molecule has 5 rings (SSSR count). The van der Waals surface area contributed by atoms with Gasteiger partial charge in [0.2, 0.25) is 0 Å². The molecule has 5 aromatic rings. The molecular formula is C22H19FN6O. The molecule has 2 N–H and O–H groups in total. The average molecular weight is 402 g/mol. The van der Waals surface area contributed by atoms with Crippen LogP contribution in [-0.4, -0.2) is 29.5 Å². The zero-order valence-electron chi connectivity index (χ0n) is 16.2. The second-order valence-corrected chi connectivity index (χ2v) is 7.18. The first-order valence-corrected chi connectivity index (χ1v) is 9.56. The third kappa shape index (κ3) is 3.27. The van der Waals surface area contributed by atoms with Gasteiger partial charge in [-0.15, -0.1) is 0 Å². The van der Waals surface area contributed by atoms with E-state index in [1.54, 1.807) is 29.9 Å². The zero-order chi connectivity index (χ0) is 20.7. The van der Waals surface area contributed by atoms with Gasteiger partial charge >= 0.3 is 0 Å². The van der Waals surface area contributed by atoms with Crippen LogP contribution < -0.4 is 5.32 Å². The number of aliphatic hydroxyl groups excluding tert-OH is 1. The number of nitrogens with one attached hydrogen (secondary N) is 1. The lowest BCUT2D eigenvalue weighted by Crippen LogP contribution is -2.03. The Balaban J connectivity index is 1.47. The molecule has 8 heteroatoms. The SMILES string of the molecule is CC(O)c1ccn2ncnc(Nc3ccc4c(cnn4Cc4cccc(F)c4)c3)c12. The molecular weight excluding hydrogens is 383 g/mol. The molecule has 3 aromatic heterocycles. The molecule has 0 spiro atoms. The summed E-state index contributed by atoms with van der Waals surface area (Å²) >= 11 is 0. The van der Waals surface area contributed by atoms with Gasteiger partial charge < -0.3 is 10.4 Å². The highest BCUT2D eigenvalue weighted by Crippen LogP contribution is 2.28. The zero-order valence-corrected chi connectivity index (χ0v) is 16.2. The van der Waals surface area contributed by atoms with Gasteiger partial charge in [0.1, 0.15) is 17.7 Å². The summed E-state index contributed by atoms with van der Waals surface area (Å²) < 4.78 is 17.0. The highest BCUT2D eigenvalue weighted by atomic mass is 19.1. The van der Waals surface area contributed by atoms with Crippen LogP contribution in [0.25, 0.3) is 16.4 Å². The highest BCUT2D eigenvalue weighted by Gasteiger charge is 2.14. The lowest BCUT2D eigenvalue weighted by Gasteiger charge is -2.10. The molecule has 2 aromatic carbocycles. The first kappa shape index (κ1) is 18.3. The van der Waals surface area contributed by atoms with Crippen LogP contribution in [0.1, 0.15) is 24.2 Å². The number of nitrogens with zero attached hydrogens (tertiary/aromatic N) is 5. The smallest absolute Gasteiger partial charge is 0.158 e. The summed E-state index contributed by atoms with van der Waals surface area (Å²) in [6.45, 7) is 2.20. The van der Waals surface area contributed by atoms with Crippen LogP contribution in [0, 0.1) is 5.82 Å². The molecule has 1 unspecified atom stereocenters. The summed E-state index contributed by atoms with van der Waals surface area (Å²) in [6.07, 6.45) is 4.42. The van der Waals surface area contributed by atoms with Crippen LogP contribution in [0.5, 0.6) is 0 Å². The van der Waals surface area contributed by atoms with Gasteiger partial charge in [-0.1, -0.05) is 12.1 Å². The number of rotatable bonds is 5. The van der Waals surface area contributed by atoms with Crippen molar-refractivity contribution in [3.05, 3.63) is 84.2 Å². The standard InChI is InChI=1S/C22H19FN6O/c1-14(30)19-7-8-28-21(19)22(24-13-26-28)27-18-5-6-20-16(10-18)11-25-29(20)12-15-3-2-4-17(23)9-15/h2-11,13-14,30H,12H2,1H3,(H,24,26,27). The van der Waals surface area contributed by atoms with E-state index in [4.69, 9.17) is 0 Å². The van der Waals surface area contributed by atoms with Crippen LogP contribution >= 0.6 is 0 Å². The van der Waals surface area contributed by atoms with Crippen LogP contribution in [0.3, 0.4) is 0 Å². The molecule has 0 aliphatic rings. The van der Waals surface area contributed by atoms with Gasteiger partial charge in [0.15, 0.2) is 5.82 Å². The fourth-order valence-electron chi connectivity index (χ4n) is 3.64. The van der Waals surface area contributed by atoms with E-state index in [-0.39, 0.29) is 5.82 Å². The van der Waals surface area contributed by atoms with Gasteiger partial charge in [-0.2, -0.15) is 10.2 Å². The summed E-state index contributed by atoms with van der Waals surface area (Å²) in [7, 11) is 0. The van der Waals surface area contributed by atoms with E-state index in [9.17, 15) is 9.50 Å². The molecule has 7 nitrogen and oxygen atoms in total. The van der Waals surface area contributed by atoms with Crippen molar-refractivity contribution in [1.29, 1.82) is 0 Å². The largest absolute Gasteiger partial charge is 0.389 e. The third-order valence-corrected chi connectivity index (χ3v) is 5.06. The number of anilines is 2. The van der Waals surface area contributed by atoms with Gasteiger partial charge in [-0.25, -0.2) is 13.9 Å². The minimum absolute atomic E-state index is 0.256. The first-order chi connectivity index (χ1) is 14.6. The van der Waals surface area contributed by atoms with Crippen molar-refractivity contribution in [3.63, 3.8) is 0 Å². The molecule has 0 amide bonds. The van der Waals surface area contributed by atoms with Crippen molar-refractivity contribution < 1.29 is 9.50 Å². The molecule has 0 radical (unpaired) electrons. The van der Waals surface area contributed by atoms with E-state index in [0.29, 0.717) is 12.4 Å². The molecule has 0 saturated heterocycles. The maximum atomic E-state index is 13.5. The number of aromatic nitrogens is 5. The van der Waals surface area contributed by atoms with E-state index in [1.807, 2.05) is 35.0 Å². The van der Waals surface area contributed by atoms with E-state index < -0.39 is 6.10 Å². The number of benzene rings is 2. The van der Waals surface area contributed by atoms with Crippen molar-refractivity contribution in [2.45, 2.75) is 19.6 Å². The minimum Gasteiger partial charge on any atom is -0.389 e. The Labute approximate surface area is 171 Å². The second kappa shape index (κ2) is 7.23. The van der Waals surface area contributed by atoms with E-state index in [1.165, 1.54) is 18.5 Å². The van der Waals surface area contributed by atoms with Crippen molar-refractivity contribution in [3.8, 4) is 0 Å². The fourth-order valence-corrected chi connectivity index (χ4v) is 3.64. The second-order valence-electron chi connectivity index (χ2n) is 7.18. The Bertz CT molecular complexity index is 1360. The third-order valence-electron chi connectivity index (χ3n) is 5.06. The highest BCUT2D eigenvalue weighted by molar-refractivity contribution is 5.85. The summed E-state index contributed by atoms with van der Waals surface area (Å²) in [5.41, 5.74) is 4.12. The number of hydrogen-bond donors (Lipinski definition) is 2. The van der Waals surface area contributed by atoms with Gasteiger partial charge in [-0.05, 0) is 48.9 Å². The Morgan fingerprint density at radius 2 is 2.03 bits per heavy atom. The quantitative estimate of drug-likeness (QED) is 0.463. The number of halogens is 1. The van der Waals surface area contributed by atoms with Crippen LogP contribution in [0.15, 0.2) is 67.3 Å². The molecule has 0 fully saturated rings. The molecule has 3 heterocycles. The molecule has 1 atom stereocenters. The predicted octanol–water partition coefficient (Wildman–Crippen LogP) is 4.06. The Hall–Kier alpha value is -3.78. The summed E-state index contributed by atoms with van der Waals surface area (Å²) in [5, 5.41) is 23.0. The fraction of sp³-hybridized carbons (Fsp3) is 0.136. The molecule has 0 aliphatic carbocycles. The van der Waals surface area contributed by atoms with Crippen molar-refractivity contribution in [2.24, 2.45) is 0 Å². The monoisotopic (exact) mass is 402 g/mol. The summed E-state index contributed by atoms with van der Waals surface area (Å²) in [6, 6.07) is 14.2. The van der Waals surface area contributed by atoms with Crippen molar-refractivity contribution >= 4 is 27.9 Å². The van der Waals surface area contributed by atoms with Gasteiger partial charge in [-0.3, -0.25) is 4.68 Å². The minimum atomic E-state index is -0.634. The molecule has 150 valence electrons. The lowest BCUT2D eigenvalue weighted by atomic mass is 10.2. The van der Waals surface area contributed by atoms with Crippen LogP contribution in [0.4, 0.5) is 15.9 Å². The van der Waals surface area contributed by atoms with Crippen molar-refractivity contribution in [1.82, 2.24) is 24.4 Å². The topological polar surface area (TPSA) is 80.3 Å². The van der Waals surface area contributed by atoms with Gasteiger partial charge in [0.25, 0.3) is 0 Å². The maximum Gasteiger partial charge on any atom is 0.158 e. The van der Waals surface area contributed by atoms with Crippen molar-refractivity contribution in [2.75, 3.05) is 5.32 Å².